The Bertz CT molecular complexity index is 741. The fourth-order valence-electron chi connectivity index (χ4n) is 2.74. The third-order valence-electron chi connectivity index (χ3n) is 4.21. The molecule has 0 atom stereocenters. The highest BCUT2D eigenvalue weighted by Gasteiger charge is 2.13. The minimum atomic E-state index is -0.216. The molecule has 0 bridgehead atoms. The second kappa shape index (κ2) is 9.07. The number of carbonyl (C=O) groups excluding carboxylic acids is 1. The van der Waals surface area contributed by atoms with Gasteiger partial charge in [0.2, 0.25) is 0 Å². The van der Waals surface area contributed by atoms with Crippen molar-refractivity contribution < 1.29 is 18.7 Å². The number of furan rings is 1. The van der Waals surface area contributed by atoms with Gasteiger partial charge >= 0.3 is 0 Å². The van der Waals surface area contributed by atoms with E-state index in [0.717, 1.165) is 44.2 Å². The van der Waals surface area contributed by atoms with E-state index in [-0.39, 0.29) is 12.5 Å². The van der Waals surface area contributed by atoms with Gasteiger partial charge in [0.05, 0.1) is 13.2 Å². The van der Waals surface area contributed by atoms with Gasteiger partial charge in [0.1, 0.15) is 18.1 Å². The molecule has 6 nitrogen and oxygen atoms in total. The van der Waals surface area contributed by atoms with E-state index < -0.39 is 0 Å². The molecule has 1 aromatic carbocycles. The van der Waals surface area contributed by atoms with E-state index in [9.17, 15) is 4.79 Å². The molecule has 7 heteroatoms. The Morgan fingerprint density at radius 1 is 1.27 bits per heavy atom. The van der Waals surface area contributed by atoms with Crippen molar-refractivity contribution in [2.75, 3.05) is 39.4 Å². The van der Waals surface area contributed by atoms with Crippen LogP contribution in [0.2, 0.25) is 5.02 Å². The first-order valence-corrected chi connectivity index (χ1v) is 9.05. The second-order valence-corrected chi connectivity index (χ2v) is 6.61. The predicted octanol–water partition coefficient (Wildman–Crippen LogP) is 2.88. The summed E-state index contributed by atoms with van der Waals surface area (Å²) in [4.78, 5) is 14.4. The van der Waals surface area contributed by atoms with E-state index in [1.54, 1.807) is 18.2 Å². The van der Waals surface area contributed by atoms with Crippen LogP contribution in [0.4, 0.5) is 0 Å². The summed E-state index contributed by atoms with van der Waals surface area (Å²) in [6.07, 6.45) is 0. The molecule has 1 aliphatic rings. The lowest BCUT2D eigenvalue weighted by Gasteiger charge is -2.26. The van der Waals surface area contributed by atoms with Crippen LogP contribution in [0.15, 0.2) is 34.7 Å². The quantitative estimate of drug-likeness (QED) is 0.802. The minimum absolute atomic E-state index is 0.216. The first-order valence-electron chi connectivity index (χ1n) is 8.68. The third kappa shape index (κ3) is 5.24. The zero-order chi connectivity index (χ0) is 18.4. The number of amides is 1. The van der Waals surface area contributed by atoms with Gasteiger partial charge in [-0.1, -0.05) is 11.6 Å². The lowest BCUT2D eigenvalue weighted by molar-refractivity contribution is 0.0382. The van der Waals surface area contributed by atoms with Crippen LogP contribution in [0.1, 0.15) is 21.9 Å². The first-order chi connectivity index (χ1) is 12.6. The molecule has 1 aromatic heterocycles. The number of benzene rings is 1. The van der Waals surface area contributed by atoms with Gasteiger partial charge < -0.3 is 19.2 Å². The molecule has 140 valence electrons. The second-order valence-electron chi connectivity index (χ2n) is 6.17. The molecule has 2 aromatic rings. The molecule has 0 unspecified atom stereocenters. The number of hydrogen-bond donors (Lipinski definition) is 1. The number of morpholine rings is 1. The van der Waals surface area contributed by atoms with Crippen molar-refractivity contribution in [3.05, 3.63) is 52.4 Å². The van der Waals surface area contributed by atoms with Crippen LogP contribution in [0, 0.1) is 6.92 Å². The van der Waals surface area contributed by atoms with Crippen LogP contribution < -0.4 is 10.1 Å². The standard InChI is InChI=1S/C19H23ClN2O4/c1-14-12-15(20)2-4-17(14)25-13-16-3-5-18(26-16)19(23)21-6-7-22-8-10-24-11-9-22/h2-5,12H,6-11,13H2,1H3,(H,21,23). The Hall–Kier alpha value is -2.02. The van der Waals surface area contributed by atoms with Crippen molar-refractivity contribution >= 4 is 17.5 Å². The van der Waals surface area contributed by atoms with Crippen LogP contribution in [-0.2, 0) is 11.3 Å². The average molecular weight is 379 g/mol. The van der Waals surface area contributed by atoms with Crippen LogP contribution in [-0.4, -0.2) is 50.2 Å². The van der Waals surface area contributed by atoms with Gasteiger partial charge in [-0.15, -0.1) is 0 Å². The number of carbonyl (C=O) groups is 1. The summed E-state index contributed by atoms with van der Waals surface area (Å²) in [5.74, 6) is 1.41. The van der Waals surface area contributed by atoms with Gasteiger partial charge in [-0.2, -0.15) is 0 Å². The lowest BCUT2D eigenvalue weighted by Crippen LogP contribution is -2.41. The maximum Gasteiger partial charge on any atom is 0.287 e. The van der Waals surface area contributed by atoms with Gasteiger partial charge in [-0.25, -0.2) is 0 Å². The summed E-state index contributed by atoms with van der Waals surface area (Å²) in [6, 6.07) is 8.85. The number of aryl methyl sites for hydroxylation is 1. The fraction of sp³-hybridized carbons (Fsp3) is 0.421. The van der Waals surface area contributed by atoms with Gasteiger partial charge in [0, 0.05) is 31.2 Å². The van der Waals surface area contributed by atoms with E-state index in [1.807, 2.05) is 19.1 Å². The molecule has 0 spiro atoms. The van der Waals surface area contributed by atoms with Gasteiger partial charge in [0.25, 0.3) is 5.91 Å². The van der Waals surface area contributed by atoms with Crippen molar-refractivity contribution in [1.82, 2.24) is 10.2 Å². The number of ether oxygens (including phenoxy) is 2. The molecular formula is C19H23ClN2O4. The van der Waals surface area contributed by atoms with E-state index >= 15 is 0 Å². The number of rotatable bonds is 7. The number of halogens is 1. The summed E-state index contributed by atoms with van der Waals surface area (Å²) >= 11 is 5.94. The fourth-order valence-corrected chi connectivity index (χ4v) is 2.97. The summed E-state index contributed by atoms with van der Waals surface area (Å²) in [6.45, 7) is 6.88. The highest BCUT2D eigenvalue weighted by atomic mass is 35.5. The Morgan fingerprint density at radius 3 is 2.85 bits per heavy atom. The van der Waals surface area contributed by atoms with E-state index in [0.29, 0.717) is 23.1 Å². The maximum absolute atomic E-state index is 12.2. The van der Waals surface area contributed by atoms with Crippen molar-refractivity contribution in [2.45, 2.75) is 13.5 Å². The molecule has 3 rings (SSSR count). The highest BCUT2D eigenvalue weighted by Crippen LogP contribution is 2.23. The summed E-state index contributed by atoms with van der Waals surface area (Å²) in [7, 11) is 0. The van der Waals surface area contributed by atoms with E-state index in [2.05, 4.69) is 10.2 Å². The van der Waals surface area contributed by atoms with Gasteiger partial charge in [-0.05, 0) is 42.8 Å². The summed E-state index contributed by atoms with van der Waals surface area (Å²) in [5.41, 5.74) is 0.949. The van der Waals surface area contributed by atoms with Crippen molar-refractivity contribution in [3.8, 4) is 5.75 Å². The highest BCUT2D eigenvalue weighted by molar-refractivity contribution is 6.30. The lowest BCUT2D eigenvalue weighted by atomic mass is 10.2. The van der Waals surface area contributed by atoms with Crippen molar-refractivity contribution in [3.63, 3.8) is 0 Å². The molecule has 0 saturated carbocycles. The van der Waals surface area contributed by atoms with Crippen LogP contribution in [0.3, 0.4) is 0 Å². The topological polar surface area (TPSA) is 63.9 Å². The smallest absolute Gasteiger partial charge is 0.287 e. The molecule has 1 saturated heterocycles. The summed E-state index contributed by atoms with van der Waals surface area (Å²) in [5, 5.41) is 3.55. The molecule has 2 heterocycles. The molecule has 1 amide bonds. The zero-order valence-electron chi connectivity index (χ0n) is 14.8. The van der Waals surface area contributed by atoms with Crippen molar-refractivity contribution in [1.29, 1.82) is 0 Å². The molecular weight excluding hydrogens is 356 g/mol. The molecule has 1 fully saturated rings. The molecule has 26 heavy (non-hydrogen) atoms. The van der Waals surface area contributed by atoms with Crippen LogP contribution in [0.5, 0.6) is 5.75 Å². The number of hydrogen-bond acceptors (Lipinski definition) is 5. The molecule has 0 aliphatic carbocycles. The Labute approximate surface area is 158 Å². The van der Waals surface area contributed by atoms with Gasteiger partial charge in [-0.3, -0.25) is 9.69 Å². The molecule has 1 N–H and O–H groups in total. The van der Waals surface area contributed by atoms with Crippen molar-refractivity contribution in [2.24, 2.45) is 0 Å². The van der Waals surface area contributed by atoms with Crippen LogP contribution >= 0.6 is 11.6 Å². The Morgan fingerprint density at radius 2 is 2.08 bits per heavy atom. The average Bonchev–Trinajstić information content (AvgIpc) is 3.11. The SMILES string of the molecule is Cc1cc(Cl)ccc1OCc1ccc(C(=O)NCCN2CCOCC2)o1. The van der Waals surface area contributed by atoms with Crippen LogP contribution in [0.25, 0.3) is 0 Å². The Balaban J connectivity index is 1.45. The largest absolute Gasteiger partial charge is 0.485 e. The predicted molar refractivity (Wildman–Crippen MR) is 98.8 cm³/mol. The summed E-state index contributed by atoms with van der Waals surface area (Å²) < 4.78 is 16.6. The van der Waals surface area contributed by atoms with E-state index in [1.165, 1.54) is 0 Å². The van der Waals surface area contributed by atoms with E-state index in [4.69, 9.17) is 25.5 Å². The maximum atomic E-state index is 12.2. The third-order valence-corrected chi connectivity index (χ3v) is 4.44. The monoisotopic (exact) mass is 378 g/mol. The normalized spacial score (nSPS) is 15.0. The zero-order valence-corrected chi connectivity index (χ0v) is 15.6. The molecule has 1 aliphatic heterocycles. The molecule has 0 radical (unpaired) electrons. The number of nitrogens with zero attached hydrogens (tertiary/aromatic N) is 1. The number of nitrogens with one attached hydrogen (secondary N) is 1. The minimum Gasteiger partial charge on any atom is -0.485 e. The Kier molecular flexibility index (Phi) is 6.55. The van der Waals surface area contributed by atoms with Gasteiger partial charge in [0.15, 0.2) is 5.76 Å². The first kappa shape index (κ1) is 18.8.